The van der Waals surface area contributed by atoms with Crippen LogP contribution in [0, 0.1) is 11.8 Å². The molecule has 2 unspecified atom stereocenters. The Bertz CT molecular complexity index is 248. The van der Waals surface area contributed by atoms with E-state index in [1.807, 2.05) is 0 Å². The summed E-state index contributed by atoms with van der Waals surface area (Å²) >= 11 is 0. The number of sulfone groups is 1. The molecule has 78 valence electrons. The Balaban J connectivity index is 2.52. The van der Waals surface area contributed by atoms with Crippen LogP contribution in [0.5, 0.6) is 0 Å². The lowest BCUT2D eigenvalue weighted by atomic mass is 9.88. The van der Waals surface area contributed by atoms with Crippen molar-refractivity contribution in [3.05, 3.63) is 0 Å². The Kier molecular flexibility index (Phi) is 3.74. The third-order valence-corrected chi connectivity index (χ3v) is 4.69. The Morgan fingerprint density at radius 1 is 1.54 bits per heavy atom. The fourth-order valence-corrected chi connectivity index (χ4v) is 4.03. The topological polar surface area (TPSA) is 60.2 Å². The first-order chi connectivity index (χ1) is 6.09. The van der Waals surface area contributed by atoms with Crippen LogP contribution >= 0.6 is 0 Å². The predicted octanol–water partition coefficient (Wildman–Crippen LogP) is 0.796. The Hall–Kier alpha value is -0.0900. The van der Waals surface area contributed by atoms with Gasteiger partial charge in [-0.15, -0.1) is 0 Å². The molecule has 2 atom stereocenters. The third-order valence-electron chi connectivity index (χ3n) is 2.90. The number of hydrogen-bond donors (Lipinski definition) is 1. The van der Waals surface area contributed by atoms with Crippen molar-refractivity contribution in [2.75, 3.05) is 18.1 Å². The van der Waals surface area contributed by atoms with Crippen molar-refractivity contribution in [2.45, 2.75) is 26.2 Å². The second-order valence-corrected chi connectivity index (χ2v) is 6.18. The van der Waals surface area contributed by atoms with Crippen molar-refractivity contribution in [3.8, 4) is 0 Å². The summed E-state index contributed by atoms with van der Waals surface area (Å²) in [7, 11) is -2.72. The van der Waals surface area contributed by atoms with Crippen LogP contribution in [0.4, 0.5) is 0 Å². The molecule has 0 aromatic carbocycles. The van der Waals surface area contributed by atoms with E-state index in [-0.39, 0.29) is 0 Å². The van der Waals surface area contributed by atoms with E-state index in [0.717, 1.165) is 19.3 Å². The molecule has 0 aliphatic carbocycles. The van der Waals surface area contributed by atoms with Gasteiger partial charge in [0.15, 0.2) is 9.84 Å². The normalized spacial score (nSPS) is 28.9. The molecule has 0 amide bonds. The summed E-state index contributed by atoms with van der Waals surface area (Å²) in [6.45, 7) is 2.75. The van der Waals surface area contributed by atoms with Gasteiger partial charge in [-0.3, -0.25) is 0 Å². The Morgan fingerprint density at radius 3 is 2.62 bits per heavy atom. The van der Waals surface area contributed by atoms with Crippen molar-refractivity contribution < 1.29 is 8.42 Å². The zero-order valence-electron chi connectivity index (χ0n) is 8.20. The first kappa shape index (κ1) is 11.0. The Morgan fingerprint density at radius 2 is 2.23 bits per heavy atom. The smallest absolute Gasteiger partial charge is 0.150 e. The number of hydrogen-bond acceptors (Lipinski definition) is 3. The lowest BCUT2D eigenvalue weighted by Gasteiger charge is -2.19. The average molecular weight is 205 g/mol. The van der Waals surface area contributed by atoms with Gasteiger partial charge >= 0.3 is 0 Å². The summed E-state index contributed by atoms with van der Waals surface area (Å²) in [4.78, 5) is 0. The quantitative estimate of drug-likeness (QED) is 0.738. The van der Waals surface area contributed by atoms with Gasteiger partial charge < -0.3 is 5.73 Å². The van der Waals surface area contributed by atoms with Crippen LogP contribution in [0.15, 0.2) is 0 Å². The molecule has 1 aliphatic heterocycles. The molecule has 1 saturated heterocycles. The highest BCUT2D eigenvalue weighted by Crippen LogP contribution is 2.28. The van der Waals surface area contributed by atoms with Crippen LogP contribution in [0.25, 0.3) is 0 Å². The standard InChI is InChI=1S/C9H19NO2S/c1-2-3-8(6-10)9-4-5-13(11,12)7-9/h8-9H,2-7,10H2,1H3. The van der Waals surface area contributed by atoms with Crippen LogP contribution < -0.4 is 5.73 Å². The fraction of sp³-hybridized carbons (Fsp3) is 1.00. The van der Waals surface area contributed by atoms with E-state index in [9.17, 15) is 8.42 Å². The van der Waals surface area contributed by atoms with Crippen LogP contribution in [0.1, 0.15) is 26.2 Å². The van der Waals surface area contributed by atoms with Gasteiger partial charge in [0.05, 0.1) is 11.5 Å². The van der Waals surface area contributed by atoms with Gasteiger partial charge in [0.25, 0.3) is 0 Å². The molecule has 1 rings (SSSR count). The van der Waals surface area contributed by atoms with E-state index in [0.29, 0.717) is 29.9 Å². The SMILES string of the molecule is CCCC(CN)C1CCS(=O)(=O)C1. The van der Waals surface area contributed by atoms with Gasteiger partial charge in [-0.25, -0.2) is 8.42 Å². The van der Waals surface area contributed by atoms with Crippen LogP contribution in [0.2, 0.25) is 0 Å². The van der Waals surface area contributed by atoms with E-state index in [4.69, 9.17) is 5.73 Å². The van der Waals surface area contributed by atoms with Gasteiger partial charge in [0, 0.05) is 0 Å². The molecule has 3 nitrogen and oxygen atoms in total. The van der Waals surface area contributed by atoms with Crippen LogP contribution in [-0.2, 0) is 9.84 Å². The van der Waals surface area contributed by atoms with E-state index in [2.05, 4.69) is 6.92 Å². The largest absolute Gasteiger partial charge is 0.330 e. The third kappa shape index (κ3) is 2.95. The monoisotopic (exact) mass is 205 g/mol. The molecule has 0 spiro atoms. The van der Waals surface area contributed by atoms with Gasteiger partial charge in [-0.2, -0.15) is 0 Å². The molecule has 1 aliphatic rings. The molecule has 0 bridgehead atoms. The Labute approximate surface area is 80.6 Å². The summed E-state index contributed by atoms with van der Waals surface area (Å²) in [5.41, 5.74) is 5.63. The molecule has 2 N–H and O–H groups in total. The maximum Gasteiger partial charge on any atom is 0.150 e. The molecule has 0 saturated carbocycles. The maximum absolute atomic E-state index is 11.2. The van der Waals surface area contributed by atoms with E-state index < -0.39 is 9.84 Å². The zero-order chi connectivity index (χ0) is 9.90. The summed E-state index contributed by atoms with van der Waals surface area (Å²) in [5.74, 6) is 1.49. The minimum Gasteiger partial charge on any atom is -0.330 e. The minimum atomic E-state index is -2.72. The molecule has 4 heteroatoms. The van der Waals surface area contributed by atoms with Gasteiger partial charge in [-0.1, -0.05) is 13.3 Å². The summed E-state index contributed by atoms with van der Waals surface area (Å²) < 4.78 is 22.4. The summed E-state index contributed by atoms with van der Waals surface area (Å²) in [6, 6.07) is 0. The molecular formula is C9H19NO2S. The second-order valence-electron chi connectivity index (χ2n) is 3.95. The first-order valence-corrected chi connectivity index (χ1v) is 6.81. The molecule has 1 fully saturated rings. The van der Waals surface area contributed by atoms with Crippen molar-refractivity contribution >= 4 is 9.84 Å². The van der Waals surface area contributed by atoms with E-state index >= 15 is 0 Å². The average Bonchev–Trinajstić information content (AvgIpc) is 2.42. The first-order valence-electron chi connectivity index (χ1n) is 4.99. The van der Waals surface area contributed by atoms with Crippen LogP contribution in [-0.4, -0.2) is 26.5 Å². The minimum absolute atomic E-state index is 0.329. The highest BCUT2D eigenvalue weighted by atomic mass is 32.2. The van der Waals surface area contributed by atoms with E-state index in [1.54, 1.807) is 0 Å². The number of rotatable bonds is 4. The van der Waals surface area contributed by atoms with Gasteiger partial charge in [0.2, 0.25) is 0 Å². The van der Waals surface area contributed by atoms with Gasteiger partial charge in [-0.05, 0) is 31.2 Å². The van der Waals surface area contributed by atoms with Crippen molar-refractivity contribution in [1.82, 2.24) is 0 Å². The van der Waals surface area contributed by atoms with Crippen molar-refractivity contribution in [1.29, 1.82) is 0 Å². The van der Waals surface area contributed by atoms with Crippen molar-refractivity contribution in [2.24, 2.45) is 17.6 Å². The molecule has 13 heavy (non-hydrogen) atoms. The molecule has 0 aromatic heterocycles. The second kappa shape index (κ2) is 4.42. The molecule has 0 aromatic rings. The van der Waals surface area contributed by atoms with Gasteiger partial charge in [0.1, 0.15) is 0 Å². The van der Waals surface area contributed by atoms with Crippen LogP contribution in [0.3, 0.4) is 0 Å². The highest BCUT2D eigenvalue weighted by molar-refractivity contribution is 7.91. The lowest BCUT2D eigenvalue weighted by Crippen LogP contribution is -2.24. The summed E-state index contributed by atoms with van der Waals surface area (Å²) in [6.07, 6.45) is 2.99. The fourth-order valence-electron chi connectivity index (χ4n) is 2.11. The lowest BCUT2D eigenvalue weighted by molar-refractivity contribution is 0.347. The predicted molar refractivity (Wildman–Crippen MR) is 54.2 cm³/mol. The molecule has 0 radical (unpaired) electrons. The molecular weight excluding hydrogens is 186 g/mol. The van der Waals surface area contributed by atoms with Crippen molar-refractivity contribution in [3.63, 3.8) is 0 Å². The zero-order valence-corrected chi connectivity index (χ0v) is 9.02. The number of nitrogens with two attached hydrogens (primary N) is 1. The molecule has 1 heterocycles. The highest BCUT2D eigenvalue weighted by Gasteiger charge is 2.32. The summed E-state index contributed by atoms with van der Waals surface area (Å²) in [5, 5.41) is 0. The van der Waals surface area contributed by atoms with E-state index in [1.165, 1.54) is 0 Å². The maximum atomic E-state index is 11.2.